The van der Waals surface area contributed by atoms with Crippen LogP contribution in [-0.4, -0.2) is 33.8 Å². The summed E-state index contributed by atoms with van der Waals surface area (Å²) in [6, 6.07) is 2.93. The maximum absolute atomic E-state index is 12.4. The van der Waals surface area contributed by atoms with E-state index in [1.165, 1.54) is 6.07 Å². The summed E-state index contributed by atoms with van der Waals surface area (Å²) < 4.78 is 7.84. The van der Waals surface area contributed by atoms with E-state index in [2.05, 4.69) is 15.4 Å². The minimum absolute atomic E-state index is 0.0500. The second kappa shape index (κ2) is 7.65. The summed E-state index contributed by atoms with van der Waals surface area (Å²) >= 11 is 0. The Balaban J connectivity index is 1.67. The molecule has 3 rings (SSSR count). The van der Waals surface area contributed by atoms with E-state index >= 15 is 0 Å². The van der Waals surface area contributed by atoms with Crippen LogP contribution in [0, 0.1) is 12.8 Å². The monoisotopic (exact) mass is 344 g/mol. The van der Waals surface area contributed by atoms with Gasteiger partial charge in [0.2, 0.25) is 5.56 Å². The average Bonchev–Trinajstić information content (AvgIpc) is 3.09. The van der Waals surface area contributed by atoms with E-state index in [0.717, 1.165) is 31.6 Å². The molecule has 25 heavy (non-hydrogen) atoms. The highest BCUT2D eigenvalue weighted by Gasteiger charge is 2.29. The number of carbonyl (C=O) groups is 1. The minimum atomic E-state index is -0.206. The van der Waals surface area contributed by atoms with Crippen LogP contribution in [0.25, 0.3) is 0 Å². The van der Waals surface area contributed by atoms with Gasteiger partial charge in [-0.2, -0.15) is 5.10 Å². The predicted octanol–water partition coefficient (Wildman–Crippen LogP) is 1.80. The van der Waals surface area contributed by atoms with Crippen LogP contribution in [-0.2, 0) is 11.3 Å². The van der Waals surface area contributed by atoms with Gasteiger partial charge in [0, 0.05) is 49.1 Å². The molecule has 7 heteroatoms. The Bertz CT molecular complexity index is 796. The van der Waals surface area contributed by atoms with Crippen molar-refractivity contribution in [2.45, 2.75) is 39.3 Å². The fraction of sp³-hybridized carbons (Fsp3) is 0.500. The lowest BCUT2D eigenvalue weighted by Gasteiger charge is -2.31. The SMILES string of the molecule is CCn1cc([C@@H]2OCCC[C@H]2CNC(=O)c2ccc(=O)[nH]c2C)cn1. The fourth-order valence-electron chi connectivity index (χ4n) is 3.26. The van der Waals surface area contributed by atoms with E-state index in [1.807, 2.05) is 24.0 Å². The molecule has 1 saturated heterocycles. The van der Waals surface area contributed by atoms with Gasteiger partial charge in [0.15, 0.2) is 0 Å². The standard InChI is InChI=1S/C18H24N4O3/c1-3-22-11-14(10-20-22)17-13(5-4-8-25-17)9-19-18(24)15-6-7-16(23)21-12(15)2/h6-7,10-11,13,17H,3-5,8-9H2,1-2H3,(H,19,24)(H,21,23)/t13-,17+/m0/s1. The molecule has 1 fully saturated rings. The Morgan fingerprint density at radius 3 is 3.04 bits per heavy atom. The lowest BCUT2D eigenvalue weighted by Crippen LogP contribution is -2.35. The lowest BCUT2D eigenvalue weighted by molar-refractivity contribution is -0.0273. The molecule has 2 N–H and O–H groups in total. The third-order valence-corrected chi connectivity index (χ3v) is 4.64. The molecule has 2 aromatic rings. The number of amides is 1. The Labute approximate surface area is 146 Å². The molecule has 1 aliphatic rings. The van der Waals surface area contributed by atoms with Gasteiger partial charge in [0.25, 0.3) is 5.91 Å². The van der Waals surface area contributed by atoms with Crippen LogP contribution in [0.2, 0.25) is 0 Å². The van der Waals surface area contributed by atoms with Crippen molar-refractivity contribution < 1.29 is 9.53 Å². The van der Waals surface area contributed by atoms with Crippen LogP contribution in [0.15, 0.2) is 29.3 Å². The zero-order chi connectivity index (χ0) is 17.8. The summed E-state index contributed by atoms with van der Waals surface area (Å²) in [6.45, 7) is 5.84. The van der Waals surface area contributed by atoms with Crippen molar-refractivity contribution >= 4 is 5.91 Å². The van der Waals surface area contributed by atoms with E-state index in [-0.39, 0.29) is 23.5 Å². The van der Waals surface area contributed by atoms with Gasteiger partial charge >= 0.3 is 0 Å². The number of aromatic amines is 1. The number of nitrogens with zero attached hydrogens (tertiary/aromatic N) is 2. The van der Waals surface area contributed by atoms with Crippen molar-refractivity contribution in [2.75, 3.05) is 13.2 Å². The molecule has 2 aromatic heterocycles. The Morgan fingerprint density at radius 1 is 1.48 bits per heavy atom. The number of rotatable bonds is 5. The Hall–Kier alpha value is -2.41. The smallest absolute Gasteiger partial charge is 0.253 e. The van der Waals surface area contributed by atoms with E-state index < -0.39 is 0 Å². The van der Waals surface area contributed by atoms with Crippen molar-refractivity contribution in [1.82, 2.24) is 20.1 Å². The van der Waals surface area contributed by atoms with Crippen LogP contribution in [0.3, 0.4) is 0 Å². The number of nitrogens with one attached hydrogen (secondary N) is 2. The van der Waals surface area contributed by atoms with E-state index in [9.17, 15) is 9.59 Å². The molecule has 3 heterocycles. The first-order chi connectivity index (χ1) is 12.1. The van der Waals surface area contributed by atoms with Crippen LogP contribution in [0.4, 0.5) is 0 Å². The molecule has 2 atom stereocenters. The van der Waals surface area contributed by atoms with Gasteiger partial charge in [0.1, 0.15) is 0 Å². The summed E-state index contributed by atoms with van der Waals surface area (Å²) in [7, 11) is 0. The molecule has 0 unspecified atom stereocenters. The van der Waals surface area contributed by atoms with Gasteiger partial charge in [-0.1, -0.05) is 0 Å². The van der Waals surface area contributed by atoms with Crippen molar-refractivity contribution in [3.8, 4) is 0 Å². The van der Waals surface area contributed by atoms with Crippen LogP contribution in [0.1, 0.15) is 47.5 Å². The topological polar surface area (TPSA) is 89.0 Å². The zero-order valence-electron chi connectivity index (χ0n) is 14.6. The normalized spacial score (nSPS) is 20.4. The molecule has 1 aliphatic heterocycles. The largest absolute Gasteiger partial charge is 0.373 e. The maximum atomic E-state index is 12.4. The highest BCUT2D eigenvalue weighted by Crippen LogP contribution is 2.33. The van der Waals surface area contributed by atoms with E-state index in [0.29, 0.717) is 17.8 Å². The van der Waals surface area contributed by atoms with Crippen LogP contribution >= 0.6 is 0 Å². The first-order valence-electron chi connectivity index (χ1n) is 8.70. The number of aromatic nitrogens is 3. The maximum Gasteiger partial charge on any atom is 0.253 e. The first kappa shape index (κ1) is 17.4. The first-order valence-corrected chi connectivity index (χ1v) is 8.70. The number of carbonyl (C=O) groups excluding carboxylic acids is 1. The van der Waals surface area contributed by atoms with Crippen molar-refractivity contribution in [3.05, 3.63) is 51.7 Å². The summed E-state index contributed by atoms with van der Waals surface area (Å²) in [5.74, 6) is 0.0256. The summed E-state index contributed by atoms with van der Waals surface area (Å²) in [6.07, 6.45) is 5.78. The molecule has 0 aromatic carbocycles. The van der Waals surface area contributed by atoms with Crippen molar-refractivity contribution in [2.24, 2.45) is 5.92 Å². The van der Waals surface area contributed by atoms with Gasteiger partial charge in [-0.25, -0.2) is 0 Å². The molecule has 0 radical (unpaired) electrons. The predicted molar refractivity (Wildman–Crippen MR) is 93.5 cm³/mol. The number of ether oxygens (including phenoxy) is 1. The molecular formula is C18H24N4O3. The van der Waals surface area contributed by atoms with Crippen molar-refractivity contribution in [1.29, 1.82) is 0 Å². The van der Waals surface area contributed by atoms with Gasteiger partial charge in [-0.05, 0) is 32.8 Å². The second-order valence-electron chi connectivity index (χ2n) is 6.39. The van der Waals surface area contributed by atoms with E-state index in [4.69, 9.17) is 4.74 Å². The second-order valence-corrected chi connectivity index (χ2v) is 6.39. The number of pyridine rings is 1. The van der Waals surface area contributed by atoms with Gasteiger partial charge in [0.05, 0.1) is 17.9 Å². The summed E-state index contributed by atoms with van der Waals surface area (Å²) in [4.78, 5) is 26.4. The zero-order valence-corrected chi connectivity index (χ0v) is 14.6. The third-order valence-electron chi connectivity index (χ3n) is 4.64. The highest BCUT2D eigenvalue weighted by atomic mass is 16.5. The Kier molecular flexibility index (Phi) is 5.33. The summed E-state index contributed by atoms with van der Waals surface area (Å²) in [5.41, 5.74) is 1.92. The Morgan fingerprint density at radius 2 is 2.32 bits per heavy atom. The lowest BCUT2D eigenvalue weighted by atomic mass is 9.90. The van der Waals surface area contributed by atoms with Gasteiger partial charge in [-0.3, -0.25) is 14.3 Å². The number of aryl methyl sites for hydroxylation is 2. The van der Waals surface area contributed by atoms with Crippen LogP contribution in [0.5, 0.6) is 0 Å². The fourth-order valence-corrected chi connectivity index (χ4v) is 3.26. The number of H-pyrrole nitrogens is 1. The quantitative estimate of drug-likeness (QED) is 0.865. The molecule has 0 spiro atoms. The van der Waals surface area contributed by atoms with Gasteiger partial charge in [-0.15, -0.1) is 0 Å². The average molecular weight is 344 g/mol. The highest BCUT2D eigenvalue weighted by molar-refractivity contribution is 5.95. The van der Waals surface area contributed by atoms with E-state index in [1.54, 1.807) is 13.0 Å². The molecule has 0 bridgehead atoms. The molecule has 1 amide bonds. The molecule has 134 valence electrons. The minimum Gasteiger partial charge on any atom is -0.373 e. The van der Waals surface area contributed by atoms with Gasteiger partial charge < -0.3 is 15.0 Å². The molecule has 7 nitrogen and oxygen atoms in total. The summed E-state index contributed by atoms with van der Waals surface area (Å²) in [5, 5.41) is 7.30. The molecule has 0 saturated carbocycles. The third kappa shape index (κ3) is 3.99. The molecular weight excluding hydrogens is 320 g/mol. The number of hydrogen-bond donors (Lipinski definition) is 2. The molecule has 0 aliphatic carbocycles. The van der Waals surface area contributed by atoms with Crippen molar-refractivity contribution in [3.63, 3.8) is 0 Å². The number of hydrogen-bond acceptors (Lipinski definition) is 4. The van der Waals surface area contributed by atoms with Crippen LogP contribution < -0.4 is 10.9 Å².